The summed E-state index contributed by atoms with van der Waals surface area (Å²) in [7, 11) is 0. The molecule has 1 N–H and O–H groups in total. The number of nitrogens with one attached hydrogen (secondary N) is 1. The van der Waals surface area contributed by atoms with Crippen LogP contribution in [0, 0.1) is 0 Å². The molecule has 0 unspecified atom stereocenters. The van der Waals surface area contributed by atoms with Gasteiger partial charge in [-0.1, -0.05) is 23.7 Å². The average Bonchev–Trinajstić information content (AvgIpc) is 2.30. The van der Waals surface area contributed by atoms with Crippen LogP contribution in [0.4, 0.5) is 30.7 Å². The van der Waals surface area contributed by atoms with E-state index in [0.717, 1.165) is 0 Å². The topological polar surface area (TPSA) is 24.4 Å². The van der Waals surface area contributed by atoms with Crippen molar-refractivity contribution in [3.05, 3.63) is 34.9 Å². The molecule has 0 aromatic heterocycles. The average molecular weight is 323 g/mol. The molecule has 0 radical (unpaired) electrons. The van der Waals surface area contributed by atoms with Crippen LogP contribution in [0.15, 0.2) is 29.4 Å². The first-order chi connectivity index (χ1) is 8.97. The van der Waals surface area contributed by atoms with Crippen molar-refractivity contribution in [1.82, 2.24) is 5.43 Å². The van der Waals surface area contributed by atoms with E-state index in [2.05, 4.69) is 5.10 Å². The molecular weight excluding hydrogens is 317 g/mol. The van der Waals surface area contributed by atoms with Gasteiger partial charge in [-0.2, -0.15) is 35.8 Å². The Morgan fingerprint density at radius 3 is 1.90 bits per heavy atom. The first kappa shape index (κ1) is 16.5. The highest BCUT2D eigenvalue weighted by molar-refractivity contribution is 6.30. The van der Waals surface area contributed by atoms with E-state index >= 15 is 0 Å². The molecule has 0 aliphatic carbocycles. The van der Waals surface area contributed by atoms with Gasteiger partial charge in [-0.25, -0.2) is 5.43 Å². The summed E-state index contributed by atoms with van der Waals surface area (Å²) in [6, 6.07) is -0.272. The summed E-state index contributed by atoms with van der Waals surface area (Å²) < 4.78 is 85.8. The van der Waals surface area contributed by atoms with Gasteiger partial charge in [0.25, 0.3) is 0 Å². The van der Waals surface area contributed by atoms with E-state index in [0.29, 0.717) is 16.7 Å². The fourth-order valence-electron chi connectivity index (χ4n) is 0.985. The monoisotopic (exact) mass is 322 g/mol. The summed E-state index contributed by atoms with van der Waals surface area (Å²) in [5.41, 5.74) is 0.676. The summed E-state index contributed by atoms with van der Waals surface area (Å²) in [4.78, 5) is 0. The Labute approximate surface area is 113 Å². The van der Waals surface area contributed by atoms with Gasteiger partial charge < -0.3 is 0 Å². The van der Waals surface area contributed by atoms with Crippen molar-refractivity contribution in [1.29, 1.82) is 0 Å². The van der Waals surface area contributed by atoms with E-state index in [-0.39, 0.29) is 5.56 Å². The molecule has 0 aliphatic heterocycles. The van der Waals surface area contributed by atoms with E-state index < -0.39 is 18.1 Å². The molecule has 0 bridgehead atoms. The molecule has 10 heteroatoms. The lowest BCUT2D eigenvalue weighted by atomic mass is 10.2. The SMILES string of the molecule is FC(F)(F)C(F)(F)C(F)(F)N/N=C/c1ccc(Cl)cc1. The maximum atomic E-state index is 12.7. The zero-order valence-electron chi connectivity index (χ0n) is 9.36. The lowest BCUT2D eigenvalue weighted by Crippen LogP contribution is -2.58. The molecule has 0 aliphatic rings. The molecule has 2 nitrogen and oxygen atoms in total. The lowest BCUT2D eigenvalue weighted by molar-refractivity contribution is -0.361. The minimum atomic E-state index is -6.40. The largest absolute Gasteiger partial charge is 0.462 e. The van der Waals surface area contributed by atoms with Crippen LogP contribution in [0.5, 0.6) is 0 Å². The smallest absolute Gasteiger partial charge is 0.242 e. The van der Waals surface area contributed by atoms with Gasteiger partial charge in [0, 0.05) is 5.02 Å². The van der Waals surface area contributed by atoms with E-state index in [1.807, 2.05) is 0 Å². The van der Waals surface area contributed by atoms with E-state index in [1.165, 1.54) is 24.3 Å². The molecule has 20 heavy (non-hydrogen) atoms. The highest BCUT2D eigenvalue weighted by atomic mass is 35.5. The molecule has 0 amide bonds. The number of benzene rings is 1. The fraction of sp³-hybridized carbons (Fsp3) is 0.300. The maximum absolute atomic E-state index is 12.7. The Morgan fingerprint density at radius 2 is 1.45 bits per heavy atom. The van der Waals surface area contributed by atoms with Crippen LogP contribution in [0.25, 0.3) is 0 Å². The standard InChI is InChI=1S/C10H6ClF7N2/c11-7-3-1-6(2-4-7)5-19-20-10(17,18)8(12,13)9(14,15)16/h1-5,20H/b19-5+. The van der Waals surface area contributed by atoms with Crippen LogP contribution >= 0.6 is 11.6 Å². The van der Waals surface area contributed by atoms with E-state index in [1.54, 1.807) is 0 Å². The predicted octanol–water partition coefficient (Wildman–Crippen LogP) is 4.05. The van der Waals surface area contributed by atoms with Crippen molar-refractivity contribution in [2.75, 3.05) is 0 Å². The van der Waals surface area contributed by atoms with Gasteiger partial charge in [-0.15, -0.1) is 0 Å². The summed E-state index contributed by atoms with van der Waals surface area (Å²) in [6.07, 6.45) is -5.75. The van der Waals surface area contributed by atoms with Crippen LogP contribution in [-0.4, -0.2) is 24.4 Å². The highest BCUT2D eigenvalue weighted by Gasteiger charge is 2.73. The Kier molecular flexibility index (Phi) is 4.52. The second kappa shape index (κ2) is 5.47. The number of alkyl halides is 7. The van der Waals surface area contributed by atoms with E-state index in [9.17, 15) is 30.7 Å². The molecule has 1 aromatic rings. The first-order valence-corrected chi connectivity index (χ1v) is 5.23. The Morgan fingerprint density at radius 1 is 0.950 bits per heavy atom. The van der Waals surface area contributed by atoms with Gasteiger partial charge in [0.05, 0.1) is 6.21 Å². The number of hydrogen-bond acceptors (Lipinski definition) is 2. The van der Waals surface area contributed by atoms with E-state index in [4.69, 9.17) is 11.6 Å². The summed E-state index contributed by atoms with van der Waals surface area (Å²) in [5.74, 6) is -6.25. The summed E-state index contributed by atoms with van der Waals surface area (Å²) >= 11 is 5.52. The van der Waals surface area contributed by atoms with Gasteiger partial charge in [-0.3, -0.25) is 0 Å². The molecule has 0 heterocycles. The van der Waals surface area contributed by atoms with Crippen molar-refractivity contribution in [3.63, 3.8) is 0 Å². The minimum absolute atomic E-state index is 0.174. The zero-order valence-corrected chi connectivity index (χ0v) is 10.1. The fourth-order valence-corrected chi connectivity index (χ4v) is 1.11. The summed E-state index contributed by atoms with van der Waals surface area (Å²) in [6.45, 7) is 0. The Bertz CT molecular complexity index is 481. The molecule has 112 valence electrons. The van der Waals surface area contributed by atoms with Crippen LogP contribution in [0.1, 0.15) is 5.56 Å². The number of rotatable bonds is 4. The minimum Gasteiger partial charge on any atom is -0.242 e. The number of halogens is 8. The van der Waals surface area contributed by atoms with Crippen molar-refractivity contribution in [2.45, 2.75) is 18.1 Å². The van der Waals surface area contributed by atoms with Gasteiger partial charge in [0.15, 0.2) is 0 Å². The third kappa shape index (κ3) is 3.53. The van der Waals surface area contributed by atoms with Crippen molar-refractivity contribution >= 4 is 17.8 Å². The van der Waals surface area contributed by atoms with Gasteiger partial charge in [0.1, 0.15) is 0 Å². The predicted molar refractivity (Wildman–Crippen MR) is 58.1 cm³/mol. The van der Waals surface area contributed by atoms with Crippen molar-refractivity contribution < 1.29 is 30.7 Å². The Hall–Kier alpha value is -1.51. The molecule has 0 atom stereocenters. The quantitative estimate of drug-likeness (QED) is 0.384. The van der Waals surface area contributed by atoms with Crippen molar-refractivity contribution in [3.8, 4) is 0 Å². The van der Waals surface area contributed by atoms with Gasteiger partial charge in [-0.05, 0) is 17.7 Å². The zero-order chi connectivity index (χ0) is 15.6. The van der Waals surface area contributed by atoms with Crippen molar-refractivity contribution in [2.24, 2.45) is 5.10 Å². The molecule has 1 aromatic carbocycles. The molecule has 0 fully saturated rings. The normalized spacial score (nSPS) is 13.8. The molecular formula is C10H6ClF7N2. The lowest BCUT2D eigenvalue weighted by Gasteiger charge is -2.27. The maximum Gasteiger partial charge on any atom is 0.462 e. The summed E-state index contributed by atoms with van der Waals surface area (Å²) in [5, 5.41) is 3.00. The highest BCUT2D eigenvalue weighted by Crippen LogP contribution is 2.44. The third-order valence-electron chi connectivity index (χ3n) is 2.04. The van der Waals surface area contributed by atoms with Gasteiger partial charge >= 0.3 is 18.1 Å². The van der Waals surface area contributed by atoms with Crippen LogP contribution in [-0.2, 0) is 0 Å². The van der Waals surface area contributed by atoms with Gasteiger partial charge in [0.2, 0.25) is 0 Å². The first-order valence-electron chi connectivity index (χ1n) is 4.85. The number of hydrazone groups is 1. The molecule has 0 saturated heterocycles. The molecule has 1 rings (SSSR count). The number of hydrogen-bond donors (Lipinski definition) is 1. The molecule has 0 spiro atoms. The third-order valence-corrected chi connectivity index (χ3v) is 2.29. The van der Waals surface area contributed by atoms with Crippen LogP contribution < -0.4 is 5.43 Å². The Balaban J connectivity index is 2.79. The second-order valence-electron chi connectivity index (χ2n) is 3.57. The number of nitrogens with zero attached hydrogens (tertiary/aromatic N) is 1. The van der Waals surface area contributed by atoms with Crippen LogP contribution in [0.2, 0.25) is 5.02 Å². The van der Waals surface area contributed by atoms with Crippen LogP contribution in [0.3, 0.4) is 0 Å². The molecule has 0 saturated carbocycles. The second-order valence-corrected chi connectivity index (χ2v) is 4.00.